The zero-order valence-corrected chi connectivity index (χ0v) is 20.3. The summed E-state index contributed by atoms with van der Waals surface area (Å²) in [6.07, 6.45) is 0.236. The summed E-state index contributed by atoms with van der Waals surface area (Å²) in [7, 11) is 6.13. The maximum absolute atomic E-state index is 13.6. The van der Waals surface area contributed by atoms with E-state index >= 15 is 0 Å². The van der Waals surface area contributed by atoms with Crippen LogP contribution < -0.4 is 24.3 Å². The fraction of sp³-hybridized carbons (Fsp3) is 0.440. The number of nitrogens with zero attached hydrogens (tertiary/aromatic N) is 2. The molecule has 9 nitrogen and oxygen atoms in total. The Hall–Kier alpha value is -3.46. The molecule has 0 saturated carbocycles. The van der Waals surface area contributed by atoms with Crippen molar-refractivity contribution in [1.29, 1.82) is 0 Å². The molecule has 1 N–H and O–H groups in total. The van der Waals surface area contributed by atoms with Gasteiger partial charge < -0.3 is 34.1 Å². The molecule has 9 heteroatoms. The van der Waals surface area contributed by atoms with Crippen LogP contribution in [0.2, 0.25) is 0 Å². The Morgan fingerprint density at radius 1 is 0.941 bits per heavy atom. The molecule has 3 rings (SSSR count). The second-order valence-corrected chi connectivity index (χ2v) is 7.87. The number of rotatable bonds is 10. The lowest BCUT2D eigenvalue weighted by Crippen LogP contribution is -2.47. The predicted molar refractivity (Wildman–Crippen MR) is 128 cm³/mol. The molecule has 2 aromatic rings. The smallest absolute Gasteiger partial charge is 0.254 e. The summed E-state index contributed by atoms with van der Waals surface area (Å²) in [5.74, 6) is 1.70. The third-order valence-corrected chi connectivity index (χ3v) is 5.77. The normalized spacial score (nSPS) is 13.2. The minimum Gasteiger partial charge on any atom is -0.497 e. The molecule has 0 spiro atoms. The number of hydrogen-bond donors (Lipinski definition) is 1. The summed E-state index contributed by atoms with van der Waals surface area (Å²) in [5.41, 5.74) is 1.28. The zero-order valence-electron chi connectivity index (χ0n) is 20.3. The van der Waals surface area contributed by atoms with E-state index in [9.17, 15) is 9.59 Å². The van der Waals surface area contributed by atoms with Crippen LogP contribution in [0.3, 0.4) is 0 Å². The number of hydrogen-bond acceptors (Lipinski definition) is 7. The van der Waals surface area contributed by atoms with Gasteiger partial charge in [-0.2, -0.15) is 0 Å². The molecule has 1 aliphatic heterocycles. The minimum atomic E-state index is -0.241. The molecule has 2 amide bonds. The molecule has 0 aliphatic carbocycles. The Kier molecular flexibility index (Phi) is 8.98. The van der Waals surface area contributed by atoms with E-state index in [4.69, 9.17) is 18.9 Å². The van der Waals surface area contributed by atoms with Crippen LogP contribution in [0.25, 0.3) is 0 Å². The first-order valence-electron chi connectivity index (χ1n) is 11.2. The fourth-order valence-electron chi connectivity index (χ4n) is 3.93. The van der Waals surface area contributed by atoms with Crippen LogP contribution >= 0.6 is 0 Å². The predicted octanol–water partition coefficient (Wildman–Crippen LogP) is 2.19. The topological polar surface area (TPSA) is 89.6 Å². The van der Waals surface area contributed by atoms with Gasteiger partial charge in [-0.15, -0.1) is 0 Å². The molecule has 0 aromatic heterocycles. The lowest BCUT2D eigenvalue weighted by atomic mass is 10.1. The monoisotopic (exact) mass is 471 g/mol. The Balaban J connectivity index is 1.87. The van der Waals surface area contributed by atoms with E-state index in [-0.39, 0.29) is 24.8 Å². The Morgan fingerprint density at radius 3 is 2.21 bits per heavy atom. The summed E-state index contributed by atoms with van der Waals surface area (Å²) in [6, 6.07) is 10.8. The molecule has 1 saturated heterocycles. The SMILES string of the molecule is COc1cccc(CN(CCC(=O)N2CCNCC2)C(=O)c2cc(OC)c(OC)c(OC)c2)c1. The van der Waals surface area contributed by atoms with Crippen LogP contribution in [0.1, 0.15) is 22.3 Å². The zero-order chi connectivity index (χ0) is 24.5. The summed E-state index contributed by atoms with van der Waals surface area (Å²) >= 11 is 0. The second-order valence-electron chi connectivity index (χ2n) is 7.87. The highest BCUT2D eigenvalue weighted by molar-refractivity contribution is 5.96. The van der Waals surface area contributed by atoms with Gasteiger partial charge in [0.25, 0.3) is 5.91 Å². The van der Waals surface area contributed by atoms with Gasteiger partial charge in [-0.05, 0) is 29.8 Å². The molecule has 184 valence electrons. The molecule has 1 aliphatic rings. The van der Waals surface area contributed by atoms with E-state index in [1.165, 1.54) is 21.3 Å². The standard InChI is InChI=1S/C25H33N3O6/c1-31-20-7-5-6-18(14-20)17-28(11-8-23(29)27-12-9-26-10-13-27)25(30)19-15-21(32-2)24(34-4)22(16-19)33-3/h5-7,14-16,26H,8-13,17H2,1-4H3. The van der Waals surface area contributed by atoms with Crippen LogP contribution in [0, 0.1) is 0 Å². The molecule has 0 bridgehead atoms. The number of benzene rings is 2. The van der Waals surface area contributed by atoms with Crippen molar-refractivity contribution >= 4 is 11.8 Å². The molecule has 34 heavy (non-hydrogen) atoms. The van der Waals surface area contributed by atoms with Gasteiger partial charge in [0.15, 0.2) is 11.5 Å². The first-order chi connectivity index (χ1) is 16.5. The van der Waals surface area contributed by atoms with Gasteiger partial charge in [-0.1, -0.05) is 12.1 Å². The van der Waals surface area contributed by atoms with Crippen LogP contribution in [0.4, 0.5) is 0 Å². The van der Waals surface area contributed by atoms with Crippen LogP contribution in [-0.2, 0) is 11.3 Å². The van der Waals surface area contributed by atoms with Gasteiger partial charge in [0.1, 0.15) is 5.75 Å². The summed E-state index contributed by atoms with van der Waals surface area (Å²) < 4.78 is 21.5. The lowest BCUT2D eigenvalue weighted by Gasteiger charge is -2.29. The highest BCUT2D eigenvalue weighted by atomic mass is 16.5. The van der Waals surface area contributed by atoms with E-state index in [2.05, 4.69) is 5.32 Å². The Bertz CT molecular complexity index is 965. The van der Waals surface area contributed by atoms with Gasteiger partial charge >= 0.3 is 0 Å². The average Bonchev–Trinajstić information content (AvgIpc) is 2.89. The molecule has 0 radical (unpaired) electrons. The maximum atomic E-state index is 13.6. The highest BCUT2D eigenvalue weighted by Crippen LogP contribution is 2.38. The van der Waals surface area contributed by atoms with E-state index in [1.807, 2.05) is 29.2 Å². The van der Waals surface area contributed by atoms with E-state index in [1.54, 1.807) is 24.1 Å². The Morgan fingerprint density at radius 2 is 1.62 bits per heavy atom. The third kappa shape index (κ3) is 6.11. The van der Waals surface area contributed by atoms with E-state index in [0.717, 1.165) is 18.7 Å². The number of nitrogens with one attached hydrogen (secondary N) is 1. The number of carbonyl (C=O) groups excluding carboxylic acids is 2. The van der Waals surface area contributed by atoms with Crippen LogP contribution in [0.5, 0.6) is 23.0 Å². The van der Waals surface area contributed by atoms with E-state index in [0.29, 0.717) is 48.2 Å². The first kappa shape index (κ1) is 25.2. The quantitative estimate of drug-likeness (QED) is 0.568. The van der Waals surface area contributed by atoms with Gasteiger partial charge in [0.2, 0.25) is 11.7 Å². The average molecular weight is 472 g/mol. The summed E-state index contributed by atoms with van der Waals surface area (Å²) in [4.78, 5) is 29.9. The number of amides is 2. The minimum absolute atomic E-state index is 0.0369. The maximum Gasteiger partial charge on any atom is 0.254 e. The molecule has 1 fully saturated rings. The van der Waals surface area contributed by atoms with Crippen molar-refractivity contribution in [1.82, 2.24) is 15.1 Å². The van der Waals surface area contributed by atoms with Gasteiger partial charge in [-0.25, -0.2) is 0 Å². The first-order valence-corrected chi connectivity index (χ1v) is 11.2. The van der Waals surface area contributed by atoms with Gasteiger partial charge in [0.05, 0.1) is 28.4 Å². The van der Waals surface area contributed by atoms with Crippen LogP contribution in [-0.4, -0.2) is 82.8 Å². The molecule has 2 aromatic carbocycles. The third-order valence-electron chi connectivity index (χ3n) is 5.77. The van der Waals surface area contributed by atoms with Crippen molar-refractivity contribution in [2.45, 2.75) is 13.0 Å². The largest absolute Gasteiger partial charge is 0.497 e. The number of methoxy groups -OCH3 is 4. The van der Waals surface area contributed by atoms with Crippen molar-refractivity contribution in [2.75, 3.05) is 61.2 Å². The molecule has 0 atom stereocenters. The lowest BCUT2D eigenvalue weighted by molar-refractivity contribution is -0.132. The number of piperazine rings is 1. The van der Waals surface area contributed by atoms with E-state index < -0.39 is 0 Å². The molecule has 0 unspecified atom stereocenters. The number of ether oxygens (including phenoxy) is 4. The summed E-state index contributed by atoms with van der Waals surface area (Å²) in [5, 5.41) is 3.24. The van der Waals surface area contributed by atoms with Gasteiger partial charge in [0, 0.05) is 51.3 Å². The summed E-state index contributed by atoms with van der Waals surface area (Å²) in [6.45, 7) is 3.51. The molecule has 1 heterocycles. The molecular formula is C25H33N3O6. The second kappa shape index (κ2) is 12.1. The van der Waals surface area contributed by atoms with Crippen molar-refractivity contribution < 1.29 is 28.5 Å². The Labute approximate surface area is 200 Å². The van der Waals surface area contributed by atoms with Crippen molar-refractivity contribution in [3.63, 3.8) is 0 Å². The fourth-order valence-corrected chi connectivity index (χ4v) is 3.93. The van der Waals surface area contributed by atoms with Crippen molar-refractivity contribution in [3.8, 4) is 23.0 Å². The van der Waals surface area contributed by atoms with Crippen LogP contribution in [0.15, 0.2) is 36.4 Å². The molecular weight excluding hydrogens is 438 g/mol. The van der Waals surface area contributed by atoms with Gasteiger partial charge in [-0.3, -0.25) is 9.59 Å². The number of carbonyl (C=O) groups is 2. The van der Waals surface area contributed by atoms with Crippen molar-refractivity contribution in [2.24, 2.45) is 0 Å². The highest BCUT2D eigenvalue weighted by Gasteiger charge is 2.24. The van der Waals surface area contributed by atoms with Crippen molar-refractivity contribution in [3.05, 3.63) is 47.5 Å².